The molecule has 12 heavy (non-hydrogen) atoms. The standard InChI is InChI=1S/C11H9O/c1-3-9-4-5-11-10(7-9)6-8(2)12-11/h3-7H,1-2H2. The Labute approximate surface area is 71.3 Å². The Kier molecular flexibility index (Phi) is 1.51. The van der Waals surface area contributed by atoms with Gasteiger partial charge in [-0.05, 0) is 23.8 Å². The number of hydrogen-bond acceptors (Lipinski definition) is 1. The number of benzene rings is 1. The van der Waals surface area contributed by atoms with Crippen molar-refractivity contribution in [1.82, 2.24) is 0 Å². The first-order chi connectivity index (χ1) is 5.79. The summed E-state index contributed by atoms with van der Waals surface area (Å²) in [4.78, 5) is 0. The van der Waals surface area contributed by atoms with Crippen molar-refractivity contribution in [3.63, 3.8) is 0 Å². The van der Waals surface area contributed by atoms with E-state index in [0.29, 0.717) is 5.76 Å². The summed E-state index contributed by atoms with van der Waals surface area (Å²) in [5.74, 6) is 0.700. The molecule has 0 amide bonds. The van der Waals surface area contributed by atoms with Crippen LogP contribution in [0.5, 0.6) is 0 Å². The third-order valence-corrected chi connectivity index (χ3v) is 1.83. The summed E-state index contributed by atoms with van der Waals surface area (Å²) >= 11 is 0. The van der Waals surface area contributed by atoms with Crippen LogP contribution in [0.2, 0.25) is 0 Å². The van der Waals surface area contributed by atoms with Gasteiger partial charge in [0.25, 0.3) is 0 Å². The Bertz CT molecular complexity index is 423. The first-order valence-electron chi connectivity index (χ1n) is 3.77. The SMILES string of the molecule is [CH2]c1cc2cc(C=C)ccc2o1. The van der Waals surface area contributed by atoms with Crippen molar-refractivity contribution in [1.29, 1.82) is 0 Å². The predicted octanol–water partition coefficient (Wildman–Crippen LogP) is 3.26. The van der Waals surface area contributed by atoms with Gasteiger partial charge >= 0.3 is 0 Å². The van der Waals surface area contributed by atoms with Crippen LogP contribution in [-0.2, 0) is 0 Å². The molecule has 0 aliphatic carbocycles. The fourth-order valence-corrected chi connectivity index (χ4v) is 1.24. The highest BCUT2D eigenvalue weighted by molar-refractivity contribution is 5.80. The van der Waals surface area contributed by atoms with Crippen LogP contribution in [-0.4, -0.2) is 0 Å². The maximum absolute atomic E-state index is 5.32. The molecule has 59 valence electrons. The van der Waals surface area contributed by atoms with Gasteiger partial charge in [-0.25, -0.2) is 0 Å². The topological polar surface area (TPSA) is 13.1 Å². The van der Waals surface area contributed by atoms with Gasteiger partial charge in [-0.3, -0.25) is 0 Å². The largest absolute Gasteiger partial charge is 0.461 e. The molecule has 0 atom stereocenters. The molecule has 1 aromatic heterocycles. The minimum Gasteiger partial charge on any atom is -0.461 e. The molecule has 0 aliphatic heterocycles. The third kappa shape index (κ3) is 1.03. The van der Waals surface area contributed by atoms with Crippen molar-refractivity contribution < 1.29 is 4.42 Å². The van der Waals surface area contributed by atoms with Crippen LogP contribution in [0.3, 0.4) is 0 Å². The summed E-state index contributed by atoms with van der Waals surface area (Å²) in [5, 5.41) is 1.08. The Morgan fingerprint density at radius 1 is 1.25 bits per heavy atom. The zero-order chi connectivity index (χ0) is 8.55. The van der Waals surface area contributed by atoms with Crippen molar-refractivity contribution in [2.24, 2.45) is 0 Å². The van der Waals surface area contributed by atoms with Gasteiger partial charge < -0.3 is 4.42 Å². The Morgan fingerprint density at radius 2 is 2.08 bits per heavy atom. The van der Waals surface area contributed by atoms with E-state index in [2.05, 4.69) is 13.5 Å². The summed E-state index contributed by atoms with van der Waals surface area (Å²) < 4.78 is 5.32. The smallest absolute Gasteiger partial charge is 0.134 e. The monoisotopic (exact) mass is 157 g/mol. The lowest BCUT2D eigenvalue weighted by Crippen LogP contribution is -1.68. The lowest BCUT2D eigenvalue weighted by atomic mass is 10.1. The average Bonchev–Trinajstić information content (AvgIpc) is 2.43. The van der Waals surface area contributed by atoms with Crippen molar-refractivity contribution in [2.75, 3.05) is 0 Å². The van der Waals surface area contributed by atoms with Gasteiger partial charge in [0, 0.05) is 12.3 Å². The van der Waals surface area contributed by atoms with Crippen molar-refractivity contribution in [2.45, 2.75) is 0 Å². The molecule has 0 saturated heterocycles. The molecule has 2 aromatic rings. The molecule has 1 heteroatoms. The molecule has 0 aliphatic rings. The van der Waals surface area contributed by atoms with Crippen LogP contribution in [0, 0.1) is 6.92 Å². The van der Waals surface area contributed by atoms with E-state index in [1.807, 2.05) is 30.3 Å². The Hall–Kier alpha value is -1.50. The highest BCUT2D eigenvalue weighted by Gasteiger charge is 1.98. The number of fused-ring (bicyclic) bond motifs is 1. The lowest BCUT2D eigenvalue weighted by molar-refractivity contribution is 0.595. The van der Waals surface area contributed by atoms with Crippen molar-refractivity contribution >= 4 is 17.0 Å². The molecule has 1 aromatic carbocycles. The molecule has 0 N–H and O–H groups in total. The van der Waals surface area contributed by atoms with E-state index in [1.165, 1.54) is 0 Å². The molecule has 0 bridgehead atoms. The van der Waals surface area contributed by atoms with Crippen LogP contribution in [0.15, 0.2) is 35.3 Å². The van der Waals surface area contributed by atoms with Crippen molar-refractivity contribution in [3.8, 4) is 0 Å². The Balaban J connectivity index is 2.74. The summed E-state index contributed by atoms with van der Waals surface area (Å²) in [6, 6.07) is 7.85. The molecule has 0 spiro atoms. The van der Waals surface area contributed by atoms with Crippen LogP contribution in [0.1, 0.15) is 11.3 Å². The quantitative estimate of drug-likeness (QED) is 0.619. The maximum atomic E-state index is 5.32. The molecule has 0 unspecified atom stereocenters. The van der Waals surface area contributed by atoms with E-state index in [9.17, 15) is 0 Å². The summed E-state index contributed by atoms with van der Waals surface area (Å²) in [7, 11) is 0. The summed E-state index contributed by atoms with van der Waals surface area (Å²) in [6.07, 6.45) is 1.81. The average molecular weight is 157 g/mol. The van der Waals surface area contributed by atoms with E-state index in [0.717, 1.165) is 16.5 Å². The molecular weight excluding hydrogens is 148 g/mol. The van der Waals surface area contributed by atoms with Gasteiger partial charge in [0.15, 0.2) is 0 Å². The zero-order valence-electron chi connectivity index (χ0n) is 6.71. The predicted molar refractivity (Wildman–Crippen MR) is 50.8 cm³/mol. The zero-order valence-corrected chi connectivity index (χ0v) is 6.71. The van der Waals surface area contributed by atoms with E-state index >= 15 is 0 Å². The van der Waals surface area contributed by atoms with Crippen LogP contribution in [0.4, 0.5) is 0 Å². The molecule has 0 fully saturated rings. The summed E-state index contributed by atoms with van der Waals surface area (Å²) in [5.41, 5.74) is 1.98. The highest BCUT2D eigenvalue weighted by atomic mass is 16.3. The van der Waals surface area contributed by atoms with E-state index in [1.54, 1.807) is 0 Å². The first-order valence-corrected chi connectivity index (χ1v) is 3.77. The lowest BCUT2D eigenvalue weighted by Gasteiger charge is -1.90. The molecular formula is C11H9O. The second-order valence-corrected chi connectivity index (χ2v) is 2.71. The van der Waals surface area contributed by atoms with Crippen LogP contribution in [0.25, 0.3) is 17.0 Å². The molecule has 2 rings (SSSR count). The van der Waals surface area contributed by atoms with Crippen LogP contribution < -0.4 is 0 Å². The second-order valence-electron chi connectivity index (χ2n) is 2.71. The van der Waals surface area contributed by atoms with Gasteiger partial charge in [0.1, 0.15) is 11.3 Å². The van der Waals surface area contributed by atoms with E-state index in [-0.39, 0.29) is 0 Å². The first kappa shape index (κ1) is 7.17. The fraction of sp³-hybridized carbons (Fsp3) is 0. The number of hydrogen-bond donors (Lipinski definition) is 0. The Morgan fingerprint density at radius 3 is 2.83 bits per heavy atom. The number of rotatable bonds is 1. The fourth-order valence-electron chi connectivity index (χ4n) is 1.24. The molecule has 0 saturated carbocycles. The van der Waals surface area contributed by atoms with Gasteiger partial charge in [-0.15, -0.1) is 0 Å². The maximum Gasteiger partial charge on any atom is 0.134 e. The third-order valence-electron chi connectivity index (χ3n) is 1.83. The van der Waals surface area contributed by atoms with Gasteiger partial charge in [0.2, 0.25) is 0 Å². The molecule has 1 nitrogen and oxygen atoms in total. The normalized spacial score (nSPS) is 10.4. The summed E-state index contributed by atoms with van der Waals surface area (Å²) in [6.45, 7) is 7.42. The minimum absolute atomic E-state index is 0.700. The number of furan rings is 1. The van der Waals surface area contributed by atoms with E-state index in [4.69, 9.17) is 4.42 Å². The highest BCUT2D eigenvalue weighted by Crippen LogP contribution is 2.20. The van der Waals surface area contributed by atoms with Gasteiger partial charge in [0.05, 0.1) is 0 Å². The minimum atomic E-state index is 0.700. The molecule has 1 heterocycles. The second kappa shape index (κ2) is 2.52. The molecule has 1 radical (unpaired) electrons. The van der Waals surface area contributed by atoms with Crippen LogP contribution >= 0.6 is 0 Å². The van der Waals surface area contributed by atoms with Gasteiger partial charge in [-0.1, -0.05) is 18.7 Å². The van der Waals surface area contributed by atoms with Gasteiger partial charge in [-0.2, -0.15) is 0 Å². The van der Waals surface area contributed by atoms with E-state index < -0.39 is 0 Å². The van der Waals surface area contributed by atoms with Crippen molar-refractivity contribution in [3.05, 3.63) is 49.1 Å².